The molecule has 1 aliphatic rings. The lowest BCUT2D eigenvalue weighted by molar-refractivity contribution is 0.262. The van der Waals surface area contributed by atoms with Crippen LogP contribution >= 0.6 is 23.2 Å². The summed E-state index contributed by atoms with van der Waals surface area (Å²) in [6.07, 6.45) is 1.79. The molecule has 0 fully saturated rings. The second-order valence-corrected chi connectivity index (χ2v) is 6.20. The third-order valence-electron chi connectivity index (χ3n) is 3.47. The number of amides is 2. The minimum Gasteiger partial charge on any atom is -0.308 e. The maximum atomic E-state index is 12.0. The highest BCUT2D eigenvalue weighted by molar-refractivity contribution is 6.35. The summed E-state index contributed by atoms with van der Waals surface area (Å²) in [6.45, 7) is 4.01. The first-order chi connectivity index (χ1) is 10.5. The molecule has 0 heterocycles. The van der Waals surface area contributed by atoms with Crippen LogP contribution in [-0.2, 0) is 12.8 Å². The van der Waals surface area contributed by atoms with Crippen LogP contribution in [-0.4, -0.2) is 6.03 Å². The predicted octanol–water partition coefficient (Wildman–Crippen LogP) is 5.29. The Morgan fingerprint density at radius 3 is 2.27 bits per heavy atom. The van der Waals surface area contributed by atoms with Crippen LogP contribution in [0.3, 0.4) is 0 Å². The van der Waals surface area contributed by atoms with Crippen molar-refractivity contribution in [2.75, 3.05) is 10.6 Å². The summed E-state index contributed by atoms with van der Waals surface area (Å²) in [4.78, 5) is 12.0. The van der Waals surface area contributed by atoms with Gasteiger partial charge in [0, 0.05) is 21.4 Å². The number of urea groups is 1. The number of fused-ring (bicyclic) bond motifs is 1. The van der Waals surface area contributed by atoms with E-state index in [1.165, 1.54) is 16.7 Å². The van der Waals surface area contributed by atoms with Gasteiger partial charge in [-0.3, -0.25) is 0 Å². The number of allylic oxidation sites excluding steroid dienone is 1. The van der Waals surface area contributed by atoms with Crippen molar-refractivity contribution in [3.8, 4) is 0 Å². The quantitative estimate of drug-likeness (QED) is 0.720. The van der Waals surface area contributed by atoms with Crippen molar-refractivity contribution in [3.05, 3.63) is 69.7 Å². The average Bonchev–Trinajstić information content (AvgIpc) is 2.76. The molecule has 3 nitrogen and oxygen atoms in total. The van der Waals surface area contributed by atoms with Gasteiger partial charge in [-0.05, 0) is 54.3 Å². The summed E-state index contributed by atoms with van der Waals surface area (Å²) in [7, 11) is 0. The first-order valence-corrected chi connectivity index (χ1v) is 7.58. The molecule has 0 bridgehead atoms. The Morgan fingerprint density at radius 1 is 0.909 bits per heavy atom. The van der Waals surface area contributed by atoms with Gasteiger partial charge in [0.05, 0.1) is 0 Å². The lowest BCUT2D eigenvalue weighted by Gasteiger charge is -2.09. The first-order valence-electron chi connectivity index (χ1n) is 6.82. The van der Waals surface area contributed by atoms with Crippen LogP contribution in [0.1, 0.15) is 11.1 Å². The number of anilines is 2. The first kappa shape index (κ1) is 14.9. The van der Waals surface area contributed by atoms with E-state index in [0.717, 1.165) is 18.5 Å². The molecule has 2 aromatic rings. The zero-order valence-corrected chi connectivity index (χ0v) is 13.3. The van der Waals surface area contributed by atoms with Gasteiger partial charge in [-0.1, -0.05) is 41.4 Å². The van der Waals surface area contributed by atoms with Crippen LogP contribution in [0, 0.1) is 0 Å². The van der Waals surface area contributed by atoms with Crippen LogP contribution in [0.25, 0.3) is 0 Å². The SMILES string of the molecule is C=C1Cc2ccc(NC(=O)Nc3cc(Cl)cc(Cl)c3)cc2C1. The molecule has 0 saturated carbocycles. The van der Waals surface area contributed by atoms with Gasteiger partial charge >= 0.3 is 6.03 Å². The number of halogens is 2. The molecule has 2 aromatic carbocycles. The van der Waals surface area contributed by atoms with E-state index in [1.54, 1.807) is 18.2 Å². The fourth-order valence-corrected chi connectivity index (χ4v) is 3.09. The van der Waals surface area contributed by atoms with Gasteiger partial charge < -0.3 is 10.6 Å². The van der Waals surface area contributed by atoms with Crippen LogP contribution < -0.4 is 10.6 Å². The van der Waals surface area contributed by atoms with Crippen LogP contribution in [0.15, 0.2) is 48.6 Å². The number of carbonyl (C=O) groups is 1. The van der Waals surface area contributed by atoms with Crippen LogP contribution in [0.2, 0.25) is 10.0 Å². The number of hydrogen-bond donors (Lipinski definition) is 2. The maximum absolute atomic E-state index is 12.0. The Bertz CT molecular complexity index is 751. The van der Waals surface area contributed by atoms with E-state index in [9.17, 15) is 4.79 Å². The second-order valence-electron chi connectivity index (χ2n) is 5.32. The molecule has 0 spiro atoms. The smallest absolute Gasteiger partial charge is 0.308 e. The lowest BCUT2D eigenvalue weighted by Crippen LogP contribution is -2.19. The van der Waals surface area contributed by atoms with Crippen molar-refractivity contribution in [1.82, 2.24) is 0 Å². The summed E-state index contributed by atoms with van der Waals surface area (Å²) >= 11 is 11.8. The van der Waals surface area contributed by atoms with Gasteiger partial charge in [-0.15, -0.1) is 0 Å². The van der Waals surface area contributed by atoms with Crippen molar-refractivity contribution in [3.63, 3.8) is 0 Å². The summed E-state index contributed by atoms with van der Waals surface area (Å²) in [5.74, 6) is 0. The lowest BCUT2D eigenvalue weighted by atomic mass is 10.1. The molecular weight excluding hydrogens is 319 g/mol. The molecule has 5 heteroatoms. The molecule has 0 saturated heterocycles. The summed E-state index contributed by atoms with van der Waals surface area (Å²) in [5, 5.41) is 6.46. The average molecular weight is 333 g/mol. The normalized spacial score (nSPS) is 12.9. The standard InChI is InChI=1S/C17H14Cl2N2O/c1-10-4-11-2-3-15(6-12(11)5-10)20-17(22)21-16-8-13(18)7-14(19)9-16/h2-3,6-9H,1,4-5H2,(H2,20,21,22). The number of hydrogen-bond acceptors (Lipinski definition) is 1. The molecule has 112 valence electrons. The Labute approximate surface area is 138 Å². The summed E-state index contributed by atoms with van der Waals surface area (Å²) in [5.41, 5.74) is 4.99. The molecule has 0 radical (unpaired) electrons. The highest BCUT2D eigenvalue weighted by atomic mass is 35.5. The highest BCUT2D eigenvalue weighted by Crippen LogP contribution is 2.28. The summed E-state index contributed by atoms with van der Waals surface area (Å²) < 4.78 is 0. The van der Waals surface area contributed by atoms with Crippen molar-refractivity contribution >= 4 is 40.6 Å². The van der Waals surface area contributed by atoms with E-state index < -0.39 is 0 Å². The van der Waals surface area contributed by atoms with Gasteiger partial charge in [-0.25, -0.2) is 4.79 Å². The monoisotopic (exact) mass is 332 g/mol. The van der Waals surface area contributed by atoms with E-state index in [-0.39, 0.29) is 6.03 Å². The Balaban J connectivity index is 1.69. The third-order valence-corrected chi connectivity index (χ3v) is 3.90. The van der Waals surface area contributed by atoms with E-state index in [2.05, 4.69) is 17.2 Å². The van der Waals surface area contributed by atoms with Crippen LogP contribution in [0.4, 0.5) is 16.2 Å². The van der Waals surface area contributed by atoms with Crippen molar-refractivity contribution in [2.24, 2.45) is 0 Å². The topological polar surface area (TPSA) is 41.1 Å². The second kappa shape index (κ2) is 6.03. The van der Waals surface area contributed by atoms with Crippen LogP contribution in [0.5, 0.6) is 0 Å². The molecule has 1 aliphatic carbocycles. The van der Waals surface area contributed by atoms with Crippen molar-refractivity contribution in [1.29, 1.82) is 0 Å². The minimum absolute atomic E-state index is 0.338. The van der Waals surface area contributed by atoms with Gasteiger partial charge in [0.15, 0.2) is 0 Å². The third kappa shape index (κ3) is 3.43. The number of rotatable bonds is 2. The van der Waals surface area contributed by atoms with Gasteiger partial charge in [-0.2, -0.15) is 0 Å². The number of benzene rings is 2. The molecule has 22 heavy (non-hydrogen) atoms. The molecule has 0 unspecified atom stereocenters. The van der Waals surface area contributed by atoms with Gasteiger partial charge in [0.25, 0.3) is 0 Å². The Morgan fingerprint density at radius 2 is 1.55 bits per heavy atom. The fraction of sp³-hybridized carbons (Fsp3) is 0.118. The Kier molecular flexibility index (Phi) is 4.10. The highest BCUT2D eigenvalue weighted by Gasteiger charge is 2.14. The molecule has 0 aromatic heterocycles. The predicted molar refractivity (Wildman–Crippen MR) is 92.1 cm³/mol. The molecular formula is C17H14Cl2N2O. The molecule has 3 rings (SSSR count). The molecule has 0 atom stereocenters. The van der Waals surface area contributed by atoms with E-state index in [4.69, 9.17) is 23.2 Å². The fourth-order valence-electron chi connectivity index (χ4n) is 2.56. The van der Waals surface area contributed by atoms with Crippen molar-refractivity contribution < 1.29 is 4.79 Å². The zero-order valence-electron chi connectivity index (χ0n) is 11.7. The van der Waals surface area contributed by atoms with Gasteiger partial charge in [0.2, 0.25) is 0 Å². The number of carbonyl (C=O) groups excluding carboxylic acids is 1. The molecule has 0 aliphatic heterocycles. The van der Waals surface area contributed by atoms with E-state index in [0.29, 0.717) is 15.7 Å². The minimum atomic E-state index is -0.338. The van der Waals surface area contributed by atoms with Gasteiger partial charge in [0.1, 0.15) is 0 Å². The summed E-state index contributed by atoms with van der Waals surface area (Å²) in [6, 6.07) is 10.5. The number of nitrogens with one attached hydrogen (secondary N) is 2. The molecule has 2 amide bonds. The molecule has 2 N–H and O–H groups in total. The largest absolute Gasteiger partial charge is 0.323 e. The Hall–Kier alpha value is -1.97. The zero-order chi connectivity index (χ0) is 15.7. The van der Waals surface area contributed by atoms with Crippen molar-refractivity contribution in [2.45, 2.75) is 12.8 Å². The van der Waals surface area contributed by atoms with E-state index in [1.807, 2.05) is 18.2 Å². The maximum Gasteiger partial charge on any atom is 0.323 e. The van der Waals surface area contributed by atoms with E-state index >= 15 is 0 Å².